The molecule has 0 saturated carbocycles. The van der Waals surface area contributed by atoms with Crippen molar-refractivity contribution in [1.82, 2.24) is 5.32 Å². The summed E-state index contributed by atoms with van der Waals surface area (Å²) in [4.78, 5) is 51.6. The van der Waals surface area contributed by atoms with Crippen molar-refractivity contribution in [3.05, 3.63) is 98.2 Å². The van der Waals surface area contributed by atoms with Gasteiger partial charge in [0, 0.05) is 28.2 Å². The van der Waals surface area contributed by atoms with Crippen molar-refractivity contribution >= 4 is 75.8 Å². The maximum atomic E-state index is 13.2. The lowest BCUT2D eigenvalue weighted by atomic mass is 10.1. The minimum absolute atomic E-state index is 0.101. The first-order chi connectivity index (χ1) is 18.6. The average Bonchev–Trinajstić information content (AvgIpc) is 3.46. The number of carbonyl (C=O) groups is 4. The molecule has 0 spiro atoms. The van der Waals surface area contributed by atoms with Crippen LogP contribution in [0.4, 0.5) is 11.4 Å². The summed E-state index contributed by atoms with van der Waals surface area (Å²) in [5, 5.41) is 5.92. The van der Waals surface area contributed by atoms with Gasteiger partial charge in [-0.25, -0.2) is 4.79 Å². The second-order valence-electron chi connectivity index (χ2n) is 8.19. The number of hydrogen-bond donors (Lipinski definition) is 2. The van der Waals surface area contributed by atoms with Crippen LogP contribution in [0, 0.1) is 0 Å². The summed E-state index contributed by atoms with van der Waals surface area (Å²) in [6, 6.07) is 14.3. The smallest absolute Gasteiger partial charge is 0.343 e. The van der Waals surface area contributed by atoms with Crippen LogP contribution in [0.1, 0.15) is 18.4 Å². The van der Waals surface area contributed by atoms with Gasteiger partial charge in [0.2, 0.25) is 5.78 Å². The fourth-order valence-electron chi connectivity index (χ4n) is 3.79. The fourth-order valence-corrected chi connectivity index (χ4v) is 4.22. The zero-order chi connectivity index (χ0) is 28.3. The zero-order valence-corrected chi connectivity index (χ0v) is 22.8. The molecule has 200 valence electrons. The first-order valence-electron chi connectivity index (χ1n) is 11.3. The molecule has 2 N–H and O–H groups in total. The van der Waals surface area contributed by atoms with E-state index < -0.39 is 23.6 Å². The number of nitrogens with one attached hydrogen (secondary N) is 2. The van der Waals surface area contributed by atoms with E-state index in [-0.39, 0.29) is 28.6 Å². The Balaban J connectivity index is 1.49. The molecule has 1 aliphatic heterocycles. The molecule has 1 aromatic heterocycles. The van der Waals surface area contributed by atoms with Gasteiger partial charge in [-0.2, -0.15) is 0 Å². The maximum absolute atomic E-state index is 13.2. The molecule has 3 aromatic rings. The number of esters is 1. The number of allylic oxidation sites excluding steroid dienone is 2. The van der Waals surface area contributed by atoms with Crippen LogP contribution in [0.3, 0.4) is 0 Å². The van der Waals surface area contributed by atoms with E-state index in [4.69, 9.17) is 44.0 Å². The first-order valence-corrected chi connectivity index (χ1v) is 12.5. The van der Waals surface area contributed by atoms with Crippen molar-refractivity contribution in [2.75, 3.05) is 17.3 Å². The number of halogens is 3. The monoisotopic (exact) mass is 587 g/mol. The van der Waals surface area contributed by atoms with Gasteiger partial charge in [0.05, 0.1) is 29.4 Å². The van der Waals surface area contributed by atoms with Crippen molar-refractivity contribution in [2.24, 2.45) is 0 Å². The van der Waals surface area contributed by atoms with E-state index in [2.05, 4.69) is 10.6 Å². The third-order valence-corrected chi connectivity index (χ3v) is 6.63. The number of furan rings is 1. The van der Waals surface area contributed by atoms with Crippen LogP contribution >= 0.6 is 34.8 Å². The Morgan fingerprint density at radius 3 is 2.36 bits per heavy atom. The highest BCUT2D eigenvalue weighted by atomic mass is 35.5. The predicted octanol–water partition coefficient (Wildman–Crippen LogP) is 5.37. The SMILES string of the molecule is COC(=O)C1=C(C)N(c2ccc(Cl)cc2)/C(=C/c2ccc(CNC(=O)C(=O)Nc3ccc(Cl)c(Cl)c3)o2)C1=O. The number of methoxy groups -OCH3 is 1. The van der Waals surface area contributed by atoms with E-state index in [1.165, 1.54) is 31.4 Å². The molecule has 39 heavy (non-hydrogen) atoms. The van der Waals surface area contributed by atoms with E-state index in [1.807, 2.05) is 0 Å². The number of nitrogens with zero attached hydrogens (tertiary/aromatic N) is 1. The maximum Gasteiger partial charge on any atom is 0.343 e. The quantitative estimate of drug-likeness (QED) is 0.172. The molecule has 9 nitrogen and oxygen atoms in total. The topological polar surface area (TPSA) is 118 Å². The molecular weight excluding hydrogens is 569 g/mol. The molecule has 2 heterocycles. The minimum atomic E-state index is -0.908. The molecule has 2 amide bonds. The van der Waals surface area contributed by atoms with Gasteiger partial charge in [-0.1, -0.05) is 34.8 Å². The van der Waals surface area contributed by atoms with Gasteiger partial charge in [0.15, 0.2) is 0 Å². The molecular formula is C27H20Cl3N3O6. The van der Waals surface area contributed by atoms with Crippen molar-refractivity contribution in [3.8, 4) is 0 Å². The van der Waals surface area contributed by atoms with E-state index in [0.717, 1.165) is 0 Å². The number of amides is 2. The Morgan fingerprint density at radius 1 is 0.974 bits per heavy atom. The number of carbonyl (C=O) groups excluding carboxylic acids is 4. The molecule has 0 radical (unpaired) electrons. The van der Waals surface area contributed by atoms with Crippen molar-refractivity contribution in [1.29, 1.82) is 0 Å². The largest absolute Gasteiger partial charge is 0.465 e. The van der Waals surface area contributed by atoms with Crippen molar-refractivity contribution in [2.45, 2.75) is 13.5 Å². The molecule has 4 rings (SSSR count). The third kappa shape index (κ3) is 6.17. The van der Waals surface area contributed by atoms with Crippen LogP contribution in [-0.2, 0) is 30.5 Å². The molecule has 1 aliphatic rings. The van der Waals surface area contributed by atoms with Crippen LogP contribution in [0.2, 0.25) is 15.1 Å². The Bertz CT molecular complexity index is 1540. The number of ketones is 1. The van der Waals surface area contributed by atoms with Gasteiger partial charge >= 0.3 is 17.8 Å². The first kappa shape index (κ1) is 28.0. The molecule has 0 bridgehead atoms. The summed E-state index contributed by atoms with van der Waals surface area (Å²) in [5.74, 6) is -2.52. The molecule has 2 aromatic carbocycles. The van der Waals surface area contributed by atoms with Gasteiger partial charge in [-0.3, -0.25) is 14.4 Å². The minimum Gasteiger partial charge on any atom is -0.465 e. The number of ether oxygens (including phenoxy) is 1. The predicted molar refractivity (Wildman–Crippen MR) is 147 cm³/mol. The van der Waals surface area contributed by atoms with Gasteiger partial charge in [0.25, 0.3) is 0 Å². The zero-order valence-electron chi connectivity index (χ0n) is 20.5. The number of rotatable bonds is 6. The highest BCUT2D eigenvalue weighted by molar-refractivity contribution is 6.43. The van der Waals surface area contributed by atoms with Gasteiger partial charge in [-0.15, -0.1) is 0 Å². The Hall–Kier alpha value is -4.05. The summed E-state index contributed by atoms with van der Waals surface area (Å²) in [6.45, 7) is 1.53. The summed E-state index contributed by atoms with van der Waals surface area (Å²) >= 11 is 17.8. The van der Waals surface area contributed by atoms with Crippen LogP contribution in [0.25, 0.3) is 6.08 Å². The van der Waals surface area contributed by atoms with Gasteiger partial charge < -0.3 is 24.7 Å². The molecule has 0 aliphatic carbocycles. The highest BCUT2D eigenvalue weighted by Crippen LogP contribution is 2.36. The average molecular weight is 589 g/mol. The lowest BCUT2D eigenvalue weighted by Gasteiger charge is -2.21. The second-order valence-corrected chi connectivity index (χ2v) is 9.44. The lowest BCUT2D eigenvalue weighted by molar-refractivity contribution is -0.137. The number of Topliss-reactive ketones (excluding diaryl/α,β-unsaturated/α-hetero) is 1. The van der Waals surface area contributed by atoms with Crippen LogP contribution in [0.15, 0.2) is 76.0 Å². The van der Waals surface area contributed by atoms with E-state index in [9.17, 15) is 19.2 Å². The summed E-state index contributed by atoms with van der Waals surface area (Å²) in [6.07, 6.45) is 1.47. The Morgan fingerprint density at radius 2 is 1.69 bits per heavy atom. The van der Waals surface area contributed by atoms with Crippen LogP contribution in [-0.4, -0.2) is 30.7 Å². The highest BCUT2D eigenvalue weighted by Gasteiger charge is 2.38. The normalized spacial score (nSPS) is 14.1. The third-order valence-electron chi connectivity index (χ3n) is 5.64. The number of hydrogen-bond acceptors (Lipinski definition) is 7. The van der Waals surface area contributed by atoms with Gasteiger partial charge in [0.1, 0.15) is 17.1 Å². The van der Waals surface area contributed by atoms with E-state index in [0.29, 0.717) is 32.9 Å². The van der Waals surface area contributed by atoms with E-state index >= 15 is 0 Å². The van der Waals surface area contributed by atoms with Crippen LogP contribution < -0.4 is 15.5 Å². The molecule has 0 fully saturated rings. The summed E-state index contributed by atoms with van der Waals surface area (Å²) < 4.78 is 10.5. The number of benzene rings is 2. The molecule has 0 unspecified atom stereocenters. The standard InChI is InChI=1S/C27H20Cl3N3O6/c1-14-23(27(37)38-2)24(34)22(33(14)17-6-3-15(28)4-7-17)12-18-8-9-19(39-18)13-31-25(35)26(36)32-16-5-10-20(29)21(30)11-16/h3-12H,13H2,1-2H3,(H,31,35)(H,32,36)/b22-12+. The van der Waals surface area contributed by atoms with Gasteiger partial charge in [-0.05, 0) is 61.5 Å². The summed E-state index contributed by atoms with van der Waals surface area (Å²) in [5.41, 5.74) is 1.33. The number of anilines is 2. The van der Waals surface area contributed by atoms with Crippen molar-refractivity contribution in [3.63, 3.8) is 0 Å². The fraction of sp³-hybridized carbons (Fsp3) is 0.111. The molecule has 12 heteroatoms. The second kappa shape index (κ2) is 11.8. The Labute approximate surface area is 237 Å². The van der Waals surface area contributed by atoms with Crippen LogP contribution in [0.5, 0.6) is 0 Å². The molecule has 0 atom stereocenters. The molecule has 0 saturated heterocycles. The van der Waals surface area contributed by atoms with Crippen molar-refractivity contribution < 1.29 is 28.3 Å². The Kier molecular flexibility index (Phi) is 8.44. The summed E-state index contributed by atoms with van der Waals surface area (Å²) in [7, 11) is 1.20. The lowest BCUT2D eigenvalue weighted by Crippen LogP contribution is -2.34. The van der Waals surface area contributed by atoms with E-state index in [1.54, 1.807) is 48.2 Å².